The average Bonchev–Trinajstić information content (AvgIpc) is 2.69. The Kier molecular flexibility index (Phi) is 3.34. The third-order valence-electron chi connectivity index (χ3n) is 2.28. The molecule has 0 spiro atoms. The summed E-state index contributed by atoms with van der Waals surface area (Å²) in [4.78, 5) is 0. The molecule has 1 rings (SSSR count). The Morgan fingerprint density at radius 2 is 2.18 bits per heavy atom. The molecule has 0 unspecified atom stereocenters. The van der Waals surface area contributed by atoms with Gasteiger partial charge in [0.05, 0.1) is 6.61 Å². The number of nitrogens with one attached hydrogen (secondary N) is 1. The van der Waals surface area contributed by atoms with Crippen LogP contribution in [-0.4, -0.2) is 26.3 Å². The zero-order chi connectivity index (χ0) is 8.16. The number of hydrogen-bond donors (Lipinski definition) is 1. The van der Waals surface area contributed by atoms with E-state index in [2.05, 4.69) is 12.2 Å². The highest BCUT2D eigenvalue weighted by molar-refractivity contribution is 4.90. The van der Waals surface area contributed by atoms with Gasteiger partial charge in [0, 0.05) is 19.7 Å². The molecule has 0 saturated heterocycles. The molecule has 1 aliphatic rings. The molecular weight excluding hydrogens is 138 g/mol. The molecule has 1 fully saturated rings. The molecular formula is C9H19NO. The first-order valence-electron chi connectivity index (χ1n) is 4.55. The molecule has 0 aromatic heterocycles. The lowest BCUT2D eigenvalue weighted by Gasteiger charge is -2.09. The third-order valence-corrected chi connectivity index (χ3v) is 2.28. The molecule has 0 amide bonds. The quantitative estimate of drug-likeness (QED) is 0.589. The van der Waals surface area contributed by atoms with E-state index >= 15 is 0 Å². The van der Waals surface area contributed by atoms with Crippen LogP contribution >= 0.6 is 0 Å². The van der Waals surface area contributed by atoms with Gasteiger partial charge < -0.3 is 10.1 Å². The van der Waals surface area contributed by atoms with Gasteiger partial charge in [0.25, 0.3) is 0 Å². The number of hydrogen-bond acceptors (Lipinski definition) is 2. The minimum atomic E-state index is 0.631. The maximum absolute atomic E-state index is 5.21. The predicted molar refractivity (Wildman–Crippen MR) is 46.7 cm³/mol. The highest BCUT2D eigenvalue weighted by Gasteiger charge is 2.36. The normalized spacial score (nSPS) is 20.2. The van der Waals surface area contributed by atoms with Gasteiger partial charge in [-0.05, 0) is 25.2 Å². The van der Waals surface area contributed by atoms with Crippen molar-refractivity contribution in [3.63, 3.8) is 0 Å². The molecule has 0 aliphatic heterocycles. The van der Waals surface area contributed by atoms with Gasteiger partial charge in [-0.25, -0.2) is 0 Å². The monoisotopic (exact) mass is 157 g/mol. The van der Waals surface area contributed by atoms with Gasteiger partial charge in [-0.15, -0.1) is 0 Å². The largest absolute Gasteiger partial charge is 0.380 e. The second kappa shape index (κ2) is 4.07. The van der Waals surface area contributed by atoms with Crippen LogP contribution in [0.25, 0.3) is 0 Å². The first-order chi connectivity index (χ1) is 5.27. The van der Waals surface area contributed by atoms with Crippen LogP contribution in [0, 0.1) is 5.41 Å². The fourth-order valence-corrected chi connectivity index (χ4v) is 1.07. The first-order valence-corrected chi connectivity index (χ1v) is 4.55. The van der Waals surface area contributed by atoms with E-state index in [1.54, 1.807) is 0 Å². The minimum absolute atomic E-state index is 0.631. The van der Waals surface area contributed by atoms with Crippen LogP contribution in [0.1, 0.15) is 26.7 Å². The SMILES string of the molecule is CCOCCNCC1(C)CC1. The number of ether oxygens (including phenoxy) is 1. The average molecular weight is 157 g/mol. The first kappa shape index (κ1) is 9.01. The van der Waals surface area contributed by atoms with Gasteiger partial charge in [-0.3, -0.25) is 0 Å². The Hall–Kier alpha value is -0.0800. The van der Waals surface area contributed by atoms with Gasteiger partial charge in [0.15, 0.2) is 0 Å². The molecule has 0 radical (unpaired) electrons. The Bertz CT molecular complexity index is 110. The van der Waals surface area contributed by atoms with E-state index in [0.29, 0.717) is 5.41 Å². The van der Waals surface area contributed by atoms with E-state index in [9.17, 15) is 0 Å². The van der Waals surface area contributed by atoms with E-state index in [4.69, 9.17) is 4.74 Å². The molecule has 0 heterocycles. The van der Waals surface area contributed by atoms with Gasteiger partial charge in [0.2, 0.25) is 0 Å². The Morgan fingerprint density at radius 3 is 2.73 bits per heavy atom. The zero-order valence-electron chi connectivity index (χ0n) is 7.65. The summed E-state index contributed by atoms with van der Waals surface area (Å²) in [6, 6.07) is 0. The van der Waals surface area contributed by atoms with Crippen LogP contribution in [-0.2, 0) is 4.74 Å². The Balaban J connectivity index is 1.81. The smallest absolute Gasteiger partial charge is 0.0590 e. The summed E-state index contributed by atoms with van der Waals surface area (Å²) in [7, 11) is 0. The van der Waals surface area contributed by atoms with Gasteiger partial charge in [-0.1, -0.05) is 6.92 Å². The summed E-state index contributed by atoms with van der Waals surface area (Å²) in [5.41, 5.74) is 0.631. The molecule has 2 heteroatoms. The lowest BCUT2D eigenvalue weighted by molar-refractivity contribution is 0.148. The highest BCUT2D eigenvalue weighted by atomic mass is 16.5. The predicted octanol–water partition coefficient (Wildman–Crippen LogP) is 1.41. The third kappa shape index (κ3) is 3.73. The molecule has 0 aromatic carbocycles. The summed E-state index contributed by atoms with van der Waals surface area (Å²) in [5.74, 6) is 0. The summed E-state index contributed by atoms with van der Waals surface area (Å²) in [5, 5.41) is 3.40. The van der Waals surface area contributed by atoms with Crippen molar-refractivity contribution < 1.29 is 4.74 Å². The van der Waals surface area contributed by atoms with E-state index < -0.39 is 0 Å². The van der Waals surface area contributed by atoms with Crippen molar-refractivity contribution in [3.8, 4) is 0 Å². The summed E-state index contributed by atoms with van der Waals surface area (Å²) in [6.07, 6.45) is 2.79. The van der Waals surface area contributed by atoms with Crippen molar-refractivity contribution in [1.82, 2.24) is 5.32 Å². The standard InChI is InChI=1S/C9H19NO/c1-3-11-7-6-10-8-9(2)4-5-9/h10H,3-8H2,1-2H3. The van der Waals surface area contributed by atoms with Gasteiger partial charge >= 0.3 is 0 Å². The van der Waals surface area contributed by atoms with Crippen molar-refractivity contribution in [3.05, 3.63) is 0 Å². The Labute approximate surface area is 69.3 Å². The molecule has 2 nitrogen and oxygen atoms in total. The van der Waals surface area contributed by atoms with Crippen LogP contribution in [0.5, 0.6) is 0 Å². The van der Waals surface area contributed by atoms with E-state index in [1.165, 1.54) is 19.4 Å². The van der Waals surface area contributed by atoms with Gasteiger partial charge in [-0.2, -0.15) is 0 Å². The van der Waals surface area contributed by atoms with E-state index in [0.717, 1.165) is 19.8 Å². The lowest BCUT2D eigenvalue weighted by Crippen LogP contribution is -2.25. The zero-order valence-corrected chi connectivity index (χ0v) is 7.65. The fourth-order valence-electron chi connectivity index (χ4n) is 1.07. The molecule has 0 atom stereocenters. The molecule has 1 aliphatic carbocycles. The molecule has 1 saturated carbocycles. The maximum atomic E-state index is 5.21. The van der Waals surface area contributed by atoms with E-state index in [-0.39, 0.29) is 0 Å². The van der Waals surface area contributed by atoms with Crippen LogP contribution in [0.2, 0.25) is 0 Å². The topological polar surface area (TPSA) is 21.3 Å². The molecule has 1 N–H and O–H groups in total. The van der Waals surface area contributed by atoms with Gasteiger partial charge in [0.1, 0.15) is 0 Å². The van der Waals surface area contributed by atoms with Crippen molar-refractivity contribution in [2.45, 2.75) is 26.7 Å². The second-order valence-electron chi connectivity index (χ2n) is 3.68. The van der Waals surface area contributed by atoms with Crippen LogP contribution in [0.15, 0.2) is 0 Å². The van der Waals surface area contributed by atoms with Crippen molar-refractivity contribution >= 4 is 0 Å². The molecule has 0 aromatic rings. The van der Waals surface area contributed by atoms with Crippen molar-refractivity contribution in [2.75, 3.05) is 26.3 Å². The molecule has 0 bridgehead atoms. The lowest BCUT2D eigenvalue weighted by atomic mass is 10.1. The van der Waals surface area contributed by atoms with Crippen molar-refractivity contribution in [2.24, 2.45) is 5.41 Å². The summed E-state index contributed by atoms with van der Waals surface area (Å²) < 4.78 is 5.21. The fraction of sp³-hybridized carbons (Fsp3) is 1.00. The van der Waals surface area contributed by atoms with Crippen LogP contribution < -0.4 is 5.32 Å². The van der Waals surface area contributed by atoms with Crippen molar-refractivity contribution in [1.29, 1.82) is 0 Å². The molecule has 66 valence electrons. The van der Waals surface area contributed by atoms with Crippen LogP contribution in [0.3, 0.4) is 0 Å². The summed E-state index contributed by atoms with van der Waals surface area (Å²) in [6.45, 7) is 8.22. The second-order valence-corrected chi connectivity index (χ2v) is 3.68. The molecule has 11 heavy (non-hydrogen) atoms. The Morgan fingerprint density at radius 1 is 1.45 bits per heavy atom. The van der Waals surface area contributed by atoms with Crippen LogP contribution in [0.4, 0.5) is 0 Å². The highest BCUT2D eigenvalue weighted by Crippen LogP contribution is 2.43. The maximum Gasteiger partial charge on any atom is 0.0590 e. The minimum Gasteiger partial charge on any atom is -0.380 e. The van der Waals surface area contributed by atoms with E-state index in [1.807, 2.05) is 6.92 Å². The summed E-state index contributed by atoms with van der Waals surface area (Å²) >= 11 is 0. The number of rotatable bonds is 6.